The first-order chi connectivity index (χ1) is 9.20. The molecular formula is C13H23N3O3. The van der Waals surface area contributed by atoms with Gasteiger partial charge in [0.15, 0.2) is 0 Å². The largest absolute Gasteiger partial charge is 0.382 e. The summed E-state index contributed by atoms with van der Waals surface area (Å²) in [5.74, 6) is -0.247. The summed E-state index contributed by atoms with van der Waals surface area (Å²) in [6, 6.07) is -0.953. The van der Waals surface area contributed by atoms with E-state index in [1.54, 1.807) is 0 Å². The molecule has 2 N–H and O–H groups in total. The summed E-state index contributed by atoms with van der Waals surface area (Å²) in [4.78, 5) is 26.0. The maximum absolute atomic E-state index is 11.9. The van der Waals surface area contributed by atoms with Crippen LogP contribution < -0.4 is 10.6 Å². The van der Waals surface area contributed by atoms with Gasteiger partial charge in [-0.2, -0.15) is 0 Å². The maximum Gasteiger partial charge on any atom is 0.245 e. The highest BCUT2D eigenvalue weighted by atomic mass is 16.5. The highest BCUT2D eigenvalue weighted by Gasteiger charge is 2.33. The van der Waals surface area contributed by atoms with Gasteiger partial charge in [0.05, 0.1) is 6.61 Å². The number of likely N-dealkylation sites (tertiary alicyclic amines) is 1. The molecule has 19 heavy (non-hydrogen) atoms. The summed E-state index contributed by atoms with van der Waals surface area (Å²) in [6.45, 7) is 3.30. The highest BCUT2D eigenvalue weighted by Crippen LogP contribution is 2.10. The average molecular weight is 269 g/mol. The van der Waals surface area contributed by atoms with Gasteiger partial charge in [-0.05, 0) is 32.4 Å². The monoisotopic (exact) mass is 269 g/mol. The molecular weight excluding hydrogens is 246 g/mol. The number of ether oxygens (including phenoxy) is 1. The predicted octanol–water partition coefficient (Wildman–Crippen LogP) is -0.508. The molecule has 108 valence electrons. The van der Waals surface area contributed by atoms with E-state index in [1.165, 1.54) is 26.4 Å². The van der Waals surface area contributed by atoms with Crippen LogP contribution in [0.3, 0.4) is 0 Å². The minimum absolute atomic E-state index is 0.0985. The van der Waals surface area contributed by atoms with Crippen LogP contribution in [0, 0.1) is 0 Å². The lowest BCUT2D eigenvalue weighted by Gasteiger charge is -2.32. The second-order valence-corrected chi connectivity index (χ2v) is 5.27. The summed E-state index contributed by atoms with van der Waals surface area (Å²) in [7, 11) is 1.52. The van der Waals surface area contributed by atoms with Crippen LogP contribution in [0.2, 0.25) is 0 Å². The van der Waals surface area contributed by atoms with E-state index < -0.39 is 12.1 Å². The number of nitrogens with one attached hydrogen (secondary N) is 2. The van der Waals surface area contributed by atoms with Crippen molar-refractivity contribution in [2.24, 2.45) is 0 Å². The topological polar surface area (TPSA) is 70.7 Å². The van der Waals surface area contributed by atoms with Crippen molar-refractivity contribution < 1.29 is 14.3 Å². The van der Waals surface area contributed by atoms with Crippen molar-refractivity contribution in [3.63, 3.8) is 0 Å². The molecule has 0 aromatic heterocycles. The van der Waals surface area contributed by atoms with Crippen LogP contribution in [0.4, 0.5) is 0 Å². The van der Waals surface area contributed by atoms with Gasteiger partial charge in [-0.15, -0.1) is 0 Å². The molecule has 6 nitrogen and oxygen atoms in total. The van der Waals surface area contributed by atoms with Crippen molar-refractivity contribution in [3.8, 4) is 0 Å². The third kappa shape index (κ3) is 3.91. The normalized spacial score (nSPS) is 28.9. The fourth-order valence-electron chi connectivity index (χ4n) is 2.66. The van der Waals surface area contributed by atoms with Crippen molar-refractivity contribution in [2.45, 2.75) is 37.8 Å². The lowest BCUT2D eigenvalue weighted by atomic mass is 10.1. The highest BCUT2D eigenvalue weighted by molar-refractivity contribution is 5.96. The minimum Gasteiger partial charge on any atom is -0.382 e. The Kier molecular flexibility index (Phi) is 5.15. The molecule has 0 spiro atoms. The first-order valence-electron chi connectivity index (χ1n) is 7.03. The van der Waals surface area contributed by atoms with Crippen LogP contribution in [-0.2, 0) is 14.3 Å². The molecule has 6 heteroatoms. The second kappa shape index (κ2) is 6.86. The molecule has 2 heterocycles. The first-order valence-corrected chi connectivity index (χ1v) is 7.03. The molecule has 1 unspecified atom stereocenters. The van der Waals surface area contributed by atoms with Gasteiger partial charge in [-0.1, -0.05) is 6.42 Å². The summed E-state index contributed by atoms with van der Waals surface area (Å²) in [6.07, 6.45) is 4.45. The van der Waals surface area contributed by atoms with Crippen molar-refractivity contribution in [1.82, 2.24) is 15.5 Å². The minimum atomic E-state index is -0.552. The summed E-state index contributed by atoms with van der Waals surface area (Å²) in [5, 5.41) is 5.49. The molecule has 0 aromatic rings. The number of carbonyl (C=O) groups is 2. The van der Waals surface area contributed by atoms with E-state index in [9.17, 15) is 9.59 Å². The lowest BCUT2D eigenvalue weighted by Crippen LogP contribution is -2.63. The van der Waals surface area contributed by atoms with Crippen molar-refractivity contribution in [1.29, 1.82) is 0 Å². The van der Waals surface area contributed by atoms with Gasteiger partial charge in [-0.25, -0.2) is 0 Å². The molecule has 2 amide bonds. The van der Waals surface area contributed by atoms with Gasteiger partial charge in [0.1, 0.15) is 12.1 Å². The quantitative estimate of drug-likeness (QED) is 0.705. The molecule has 2 atom stereocenters. The third-order valence-electron chi connectivity index (χ3n) is 3.78. The van der Waals surface area contributed by atoms with Crippen LogP contribution in [0.1, 0.15) is 25.7 Å². The number of amides is 2. The van der Waals surface area contributed by atoms with Crippen LogP contribution in [0.5, 0.6) is 0 Å². The predicted molar refractivity (Wildman–Crippen MR) is 70.6 cm³/mol. The second-order valence-electron chi connectivity index (χ2n) is 5.27. The molecule has 2 saturated heterocycles. The standard InChI is InChI=1S/C13H23N3O3/c1-19-9-11-13(18)14-10(12(17)15-11)5-8-16-6-3-2-4-7-16/h10-11H,2-9H2,1H3,(H,14,18)(H,15,17)/t10?,11-/m0/s1. The van der Waals surface area contributed by atoms with Gasteiger partial charge in [0, 0.05) is 13.7 Å². The zero-order valence-electron chi connectivity index (χ0n) is 11.5. The zero-order valence-corrected chi connectivity index (χ0v) is 11.5. The summed E-state index contributed by atoms with van der Waals surface area (Å²) < 4.78 is 4.91. The molecule has 0 aliphatic carbocycles. The van der Waals surface area contributed by atoms with E-state index in [0.29, 0.717) is 6.42 Å². The Labute approximate surface area is 113 Å². The van der Waals surface area contributed by atoms with E-state index in [0.717, 1.165) is 19.6 Å². The zero-order chi connectivity index (χ0) is 13.7. The van der Waals surface area contributed by atoms with Gasteiger partial charge >= 0.3 is 0 Å². The van der Waals surface area contributed by atoms with Crippen LogP contribution in [-0.4, -0.2) is 62.1 Å². The lowest BCUT2D eigenvalue weighted by molar-refractivity contribution is -0.138. The Morgan fingerprint density at radius 2 is 1.74 bits per heavy atom. The number of hydrogen-bond donors (Lipinski definition) is 2. The Bertz CT molecular complexity index is 329. The SMILES string of the molecule is COC[C@@H]1NC(=O)C(CCN2CCCCC2)NC1=O. The molecule has 2 aliphatic heterocycles. The van der Waals surface area contributed by atoms with E-state index in [-0.39, 0.29) is 18.4 Å². The average Bonchev–Trinajstić information content (AvgIpc) is 2.42. The fourth-order valence-corrected chi connectivity index (χ4v) is 2.66. The molecule has 0 bridgehead atoms. The van der Waals surface area contributed by atoms with Gasteiger partial charge in [0.2, 0.25) is 11.8 Å². The van der Waals surface area contributed by atoms with E-state index in [1.807, 2.05) is 0 Å². The van der Waals surface area contributed by atoms with Crippen molar-refractivity contribution in [2.75, 3.05) is 33.4 Å². The number of nitrogens with zero attached hydrogens (tertiary/aromatic N) is 1. The Morgan fingerprint density at radius 1 is 1.11 bits per heavy atom. The Hall–Kier alpha value is -1.14. The van der Waals surface area contributed by atoms with Crippen molar-refractivity contribution >= 4 is 11.8 Å². The number of piperazine rings is 1. The van der Waals surface area contributed by atoms with Crippen molar-refractivity contribution in [3.05, 3.63) is 0 Å². The Morgan fingerprint density at radius 3 is 2.42 bits per heavy atom. The smallest absolute Gasteiger partial charge is 0.245 e. The molecule has 0 radical (unpaired) electrons. The number of piperidine rings is 1. The number of methoxy groups -OCH3 is 1. The van der Waals surface area contributed by atoms with Gasteiger partial charge in [0.25, 0.3) is 0 Å². The third-order valence-corrected chi connectivity index (χ3v) is 3.78. The van der Waals surface area contributed by atoms with Crippen LogP contribution in [0.15, 0.2) is 0 Å². The molecule has 2 fully saturated rings. The number of hydrogen-bond acceptors (Lipinski definition) is 4. The van der Waals surface area contributed by atoms with Gasteiger partial charge in [-0.3, -0.25) is 9.59 Å². The van der Waals surface area contributed by atoms with Crippen LogP contribution in [0.25, 0.3) is 0 Å². The van der Waals surface area contributed by atoms with E-state index >= 15 is 0 Å². The van der Waals surface area contributed by atoms with Crippen LogP contribution >= 0.6 is 0 Å². The molecule has 2 aliphatic rings. The first kappa shape index (κ1) is 14.3. The molecule has 0 aromatic carbocycles. The summed E-state index contributed by atoms with van der Waals surface area (Å²) >= 11 is 0. The molecule has 2 rings (SSSR count). The fraction of sp³-hybridized carbons (Fsp3) is 0.846. The van der Waals surface area contributed by atoms with Gasteiger partial charge < -0.3 is 20.3 Å². The van der Waals surface area contributed by atoms with E-state index in [4.69, 9.17) is 4.74 Å². The Balaban J connectivity index is 1.77. The van der Waals surface area contributed by atoms with E-state index in [2.05, 4.69) is 15.5 Å². The number of carbonyl (C=O) groups excluding carboxylic acids is 2. The summed E-state index contributed by atoms with van der Waals surface area (Å²) in [5.41, 5.74) is 0. The maximum atomic E-state index is 11.9. The molecule has 0 saturated carbocycles. The number of rotatable bonds is 5.